The van der Waals surface area contributed by atoms with Crippen molar-refractivity contribution in [2.45, 2.75) is 6.54 Å². The van der Waals surface area contributed by atoms with Gasteiger partial charge in [0.1, 0.15) is 6.73 Å². The summed E-state index contributed by atoms with van der Waals surface area (Å²) >= 11 is 6.02. The molecule has 0 radical (unpaired) electrons. The molecule has 0 aliphatic rings. The Balaban J connectivity index is 2.81. The van der Waals surface area contributed by atoms with Gasteiger partial charge in [-0.25, -0.2) is 0 Å². The van der Waals surface area contributed by atoms with Crippen LogP contribution in [0.2, 0.25) is 5.28 Å². The zero-order valence-electron chi connectivity index (χ0n) is 11.6. The smallest absolute Gasteiger partial charge is 0.271 e. The third-order valence-corrected chi connectivity index (χ3v) is 2.74. The third kappa shape index (κ3) is 4.22. The Morgan fingerprint density at radius 2 is 2.30 bits per heavy atom. The number of ether oxygens (including phenoxy) is 2. The molecule has 8 heteroatoms. The summed E-state index contributed by atoms with van der Waals surface area (Å²) in [6.07, 6.45) is 1.64. The molecular formula is C12H19ClN4O3. The van der Waals surface area contributed by atoms with Gasteiger partial charge in [-0.3, -0.25) is 4.79 Å². The van der Waals surface area contributed by atoms with Gasteiger partial charge in [0.05, 0.1) is 13.2 Å². The Kier molecular flexibility index (Phi) is 7.06. The van der Waals surface area contributed by atoms with Gasteiger partial charge in [0, 0.05) is 20.7 Å². The maximum atomic E-state index is 11.9. The van der Waals surface area contributed by atoms with Gasteiger partial charge >= 0.3 is 0 Å². The van der Waals surface area contributed by atoms with Gasteiger partial charge in [-0.2, -0.15) is 4.98 Å². The molecule has 1 aromatic rings. The second-order valence-corrected chi connectivity index (χ2v) is 4.12. The van der Waals surface area contributed by atoms with E-state index in [4.69, 9.17) is 21.1 Å². The fourth-order valence-electron chi connectivity index (χ4n) is 1.53. The Hall–Kier alpha value is -1.57. The summed E-state index contributed by atoms with van der Waals surface area (Å²) in [5.74, 6) is 0.0826. The first-order valence-corrected chi connectivity index (χ1v) is 6.43. The van der Waals surface area contributed by atoms with Crippen molar-refractivity contribution in [2.75, 3.05) is 39.4 Å². The molecule has 0 aromatic carbocycles. The van der Waals surface area contributed by atoms with Crippen molar-refractivity contribution >= 4 is 23.3 Å². The van der Waals surface area contributed by atoms with Crippen LogP contribution in [-0.2, 0) is 16.0 Å². The summed E-state index contributed by atoms with van der Waals surface area (Å²) in [4.78, 5) is 16.0. The average Bonchev–Trinajstić information content (AvgIpc) is 2.75. The van der Waals surface area contributed by atoms with Gasteiger partial charge in [-0.1, -0.05) is 6.08 Å². The third-order valence-electron chi connectivity index (χ3n) is 2.45. The first-order valence-electron chi connectivity index (χ1n) is 6.05. The Morgan fingerprint density at radius 1 is 1.55 bits per heavy atom. The summed E-state index contributed by atoms with van der Waals surface area (Å²) in [6, 6.07) is 0. The molecule has 0 unspecified atom stereocenters. The van der Waals surface area contributed by atoms with E-state index in [0.29, 0.717) is 31.3 Å². The number of imidazole rings is 1. The maximum absolute atomic E-state index is 11.9. The first-order chi connectivity index (χ1) is 9.65. The lowest BCUT2D eigenvalue weighted by atomic mass is 10.4. The van der Waals surface area contributed by atoms with Crippen LogP contribution in [0.3, 0.4) is 0 Å². The summed E-state index contributed by atoms with van der Waals surface area (Å²) < 4.78 is 11.7. The molecular weight excluding hydrogens is 284 g/mol. The molecule has 0 aliphatic heterocycles. The van der Waals surface area contributed by atoms with E-state index in [2.05, 4.69) is 22.2 Å². The van der Waals surface area contributed by atoms with E-state index < -0.39 is 0 Å². The molecule has 1 amide bonds. The summed E-state index contributed by atoms with van der Waals surface area (Å²) in [5.41, 5.74) is 0.341. The minimum Gasteiger partial charge on any atom is -0.382 e. The molecule has 0 aliphatic carbocycles. The number of aromatic nitrogens is 2. The molecule has 0 saturated carbocycles. The molecule has 0 saturated heterocycles. The minimum absolute atomic E-state index is 0.203. The Bertz CT molecular complexity index is 462. The standard InChI is InChI=1S/C12H19ClN4O3/c1-4-5-17-9(11(18)14-2)10(16-12(17)13)15-8-20-7-6-19-3/h4,15H,1,5-8H2,2-3H3,(H,14,18). The fourth-order valence-corrected chi connectivity index (χ4v) is 1.76. The van der Waals surface area contributed by atoms with Crippen LogP contribution in [0.1, 0.15) is 10.5 Å². The minimum atomic E-state index is -0.286. The predicted octanol–water partition coefficient (Wildman–Crippen LogP) is 1.11. The van der Waals surface area contributed by atoms with E-state index in [1.165, 1.54) is 0 Å². The molecule has 112 valence electrons. The topological polar surface area (TPSA) is 77.4 Å². The highest BCUT2D eigenvalue weighted by Crippen LogP contribution is 2.21. The fraction of sp³-hybridized carbons (Fsp3) is 0.500. The Morgan fingerprint density at radius 3 is 2.90 bits per heavy atom. The number of anilines is 1. The molecule has 0 bridgehead atoms. The first kappa shape index (κ1) is 16.5. The van der Waals surface area contributed by atoms with E-state index in [0.717, 1.165) is 0 Å². The van der Waals surface area contributed by atoms with Crippen molar-refractivity contribution in [1.82, 2.24) is 14.9 Å². The van der Waals surface area contributed by atoms with Crippen LogP contribution >= 0.6 is 11.6 Å². The molecule has 20 heavy (non-hydrogen) atoms. The van der Waals surface area contributed by atoms with Gasteiger partial charge in [0.25, 0.3) is 5.91 Å². The van der Waals surface area contributed by atoms with Crippen LogP contribution in [0.15, 0.2) is 12.7 Å². The van der Waals surface area contributed by atoms with E-state index >= 15 is 0 Å². The number of rotatable bonds is 9. The number of allylic oxidation sites excluding steroid dienone is 1. The largest absolute Gasteiger partial charge is 0.382 e. The van der Waals surface area contributed by atoms with Gasteiger partial charge < -0.3 is 24.7 Å². The number of carbonyl (C=O) groups is 1. The van der Waals surface area contributed by atoms with Crippen LogP contribution in [0.4, 0.5) is 5.82 Å². The van der Waals surface area contributed by atoms with Gasteiger partial charge in [0.2, 0.25) is 5.28 Å². The summed E-state index contributed by atoms with van der Waals surface area (Å²) in [5, 5.41) is 5.68. The number of nitrogens with one attached hydrogen (secondary N) is 2. The van der Waals surface area contributed by atoms with Gasteiger partial charge in [-0.05, 0) is 11.6 Å². The van der Waals surface area contributed by atoms with Crippen LogP contribution in [-0.4, -0.2) is 49.6 Å². The number of hydrogen-bond donors (Lipinski definition) is 2. The zero-order chi connectivity index (χ0) is 15.0. The predicted molar refractivity (Wildman–Crippen MR) is 77.1 cm³/mol. The van der Waals surface area contributed by atoms with E-state index in [1.54, 1.807) is 24.8 Å². The van der Waals surface area contributed by atoms with Crippen LogP contribution in [0.5, 0.6) is 0 Å². The number of carbonyl (C=O) groups excluding carboxylic acids is 1. The van der Waals surface area contributed by atoms with Crippen LogP contribution in [0, 0.1) is 0 Å². The molecule has 1 heterocycles. The lowest BCUT2D eigenvalue weighted by Crippen LogP contribution is -2.23. The normalized spacial score (nSPS) is 10.3. The molecule has 0 fully saturated rings. The lowest BCUT2D eigenvalue weighted by molar-refractivity contribution is 0.0800. The van der Waals surface area contributed by atoms with E-state index in [1.807, 2.05) is 0 Å². The van der Waals surface area contributed by atoms with E-state index in [-0.39, 0.29) is 17.9 Å². The average molecular weight is 303 g/mol. The van der Waals surface area contributed by atoms with Crippen LogP contribution in [0.25, 0.3) is 0 Å². The molecule has 1 aromatic heterocycles. The monoisotopic (exact) mass is 302 g/mol. The van der Waals surface area contributed by atoms with Gasteiger partial charge in [-0.15, -0.1) is 6.58 Å². The maximum Gasteiger partial charge on any atom is 0.271 e. The highest BCUT2D eigenvalue weighted by atomic mass is 35.5. The highest BCUT2D eigenvalue weighted by molar-refractivity contribution is 6.29. The van der Waals surface area contributed by atoms with Crippen molar-refractivity contribution in [3.8, 4) is 0 Å². The summed E-state index contributed by atoms with van der Waals surface area (Å²) in [6.45, 7) is 5.16. The van der Waals surface area contributed by atoms with Crippen molar-refractivity contribution in [3.05, 3.63) is 23.6 Å². The van der Waals surface area contributed by atoms with Crippen molar-refractivity contribution in [3.63, 3.8) is 0 Å². The number of halogens is 1. The Labute approximate surface area is 122 Å². The number of amides is 1. The molecule has 7 nitrogen and oxygen atoms in total. The molecule has 2 N–H and O–H groups in total. The van der Waals surface area contributed by atoms with Crippen LogP contribution < -0.4 is 10.6 Å². The molecule has 0 atom stereocenters. The number of methoxy groups -OCH3 is 1. The van der Waals surface area contributed by atoms with Crippen molar-refractivity contribution in [1.29, 1.82) is 0 Å². The lowest BCUT2D eigenvalue weighted by Gasteiger charge is -2.09. The molecule has 0 spiro atoms. The van der Waals surface area contributed by atoms with E-state index in [9.17, 15) is 4.79 Å². The molecule has 1 rings (SSSR count). The number of nitrogens with zero attached hydrogens (tertiary/aromatic N) is 2. The SMILES string of the molecule is C=CCn1c(Cl)nc(NCOCCOC)c1C(=O)NC. The second kappa shape index (κ2) is 8.57. The van der Waals surface area contributed by atoms with Crippen molar-refractivity contribution in [2.24, 2.45) is 0 Å². The zero-order valence-corrected chi connectivity index (χ0v) is 12.4. The van der Waals surface area contributed by atoms with Crippen molar-refractivity contribution < 1.29 is 14.3 Å². The summed E-state index contributed by atoms with van der Waals surface area (Å²) in [7, 11) is 3.14. The highest BCUT2D eigenvalue weighted by Gasteiger charge is 2.20. The van der Waals surface area contributed by atoms with Gasteiger partial charge in [0.15, 0.2) is 11.5 Å². The quantitative estimate of drug-likeness (QED) is 0.406. The number of hydrogen-bond acceptors (Lipinski definition) is 5. The second-order valence-electron chi connectivity index (χ2n) is 3.78.